The van der Waals surface area contributed by atoms with Gasteiger partial charge in [0.15, 0.2) is 7.70 Å². The summed E-state index contributed by atoms with van der Waals surface area (Å²) in [6.45, 7) is 1.46. The molecule has 1 aromatic carbocycles. The molecule has 1 atom stereocenters. The lowest BCUT2D eigenvalue weighted by Gasteiger charge is -2.25. The van der Waals surface area contributed by atoms with E-state index in [4.69, 9.17) is 18.7 Å². The van der Waals surface area contributed by atoms with Gasteiger partial charge in [0.05, 0.1) is 5.70 Å². The summed E-state index contributed by atoms with van der Waals surface area (Å²) in [7, 11) is 0. The molecule has 0 radical (unpaired) electrons. The molecule has 8 heteroatoms. The zero-order chi connectivity index (χ0) is 19.1. The molecule has 0 amide bonds. The van der Waals surface area contributed by atoms with Crippen molar-refractivity contribution < 1.29 is 14.6 Å². The van der Waals surface area contributed by atoms with Gasteiger partial charge in [0.1, 0.15) is 10.9 Å². The molecule has 3 rings (SSSR count). The van der Waals surface area contributed by atoms with E-state index in [1.54, 1.807) is 30.3 Å². The molecule has 0 saturated carbocycles. The standard InChI is InChI=1S/C17H14ClF3N4/c1-9-7-11(8-12(23-9)17(19,20)21)13-14(10-5-3-2-4-6-10)24-16(22)25-15(13)18/h2-8,16,24H,22H2,1H3/i/hD. The Balaban J connectivity index is 2.30. The Hall–Kier alpha value is -2.38. The van der Waals surface area contributed by atoms with Crippen LogP contribution in [0.2, 0.25) is 1.41 Å². The predicted octanol–water partition coefficient (Wildman–Crippen LogP) is 3.76. The fraction of sp³-hybridized carbons (Fsp3) is 0.176. The Morgan fingerprint density at radius 2 is 1.88 bits per heavy atom. The lowest BCUT2D eigenvalue weighted by atomic mass is 9.98. The van der Waals surface area contributed by atoms with Crippen LogP contribution in [0, 0.1) is 6.92 Å². The lowest BCUT2D eigenvalue weighted by Crippen LogP contribution is -2.38. The summed E-state index contributed by atoms with van der Waals surface area (Å²) in [6.07, 6.45) is -5.67. The van der Waals surface area contributed by atoms with Crippen molar-refractivity contribution in [1.29, 1.82) is 0 Å². The maximum absolute atomic E-state index is 13.2. The molecule has 2 aromatic rings. The van der Waals surface area contributed by atoms with Gasteiger partial charge in [0, 0.05) is 11.3 Å². The number of aromatic nitrogens is 1. The van der Waals surface area contributed by atoms with Gasteiger partial charge in [0.25, 0.3) is 0 Å². The fourth-order valence-electron chi connectivity index (χ4n) is 2.53. The molecule has 0 bridgehead atoms. The number of nitrogens with one attached hydrogen (secondary N) is 1. The van der Waals surface area contributed by atoms with Gasteiger partial charge in [-0.2, -0.15) is 13.2 Å². The van der Waals surface area contributed by atoms with Gasteiger partial charge in [-0.05, 0) is 30.2 Å². The highest BCUT2D eigenvalue weighted by Gasteiger charge is 2.34. The SMILES string of the molecule is [2H]N1C(c2ccccc2)=C(c2cc(C)nc(C(F)(F)F)c2)C(Cl)=NC1N. The molecule has 130 valence electrons. The van der Waals surface area contributed by atoms with E-state index in [1.165, 1.54) is 13.0 Å². The van der Waals surface area contributed by atoms with Gasteiger partial charge >= 0.3 is 6.18 Å². The quantitative estimate of drug-likeness (QED) is 0.849. The lowest BCUT2D eigenvalue weighted by molar-refractivity contribution is -0.141. The van der Waals surface area contributed by atoms with Crippen LogP contribution in [0.3, 0.4) is 0 Å². The molecule has 0 saturated heterocycles. The highest BCUT2D eigenvalue weighted by Crippen LogP contribution is 2.34. The van der Waals surface area contributed by atoms with Gasteiger partial charge in [-0.1, -0.05) is 41.9 Å². The van der Waals surface area contributed by atoms with Crippen molar-refractivity contribution in [3.05, 3.63) is 65.0 Å². The Morgan fingerprint density at radius 1 is 1.20 bits per heavy atom. The second-order valence-corrected chi connectivity index (χ2v) is 5.79. The van der Waals surface area contributed by atoms with Gasteiger partial charge in [-0.15, -0.1) is 0 Å². The number of benzene rings is 1. The molecular formula is C17H14ClF3N4. The average Bonchev–Trinajstić information content (AvgIpc) is 2.57. The monoisotopic (exact) mass is 367 g/mol. The summed E-state index contributed by atoms with van der Waals surface area (Å²) in [5.41, 5.74) is 6.17. The number of hydrogen-bond donors (Lipinski definition) is 2. The minimum absolute atomic E-state index is 0.0569. The highest BCUT2D eigenvalue weighted by molar-refractivity contribution is 6.77. The predicted molar refractivity (Wildman–Crippen MR) is 91.6 cm³/mol. The number of aliphatic imine (C=N–C) groups is 1. The minimum atomic E-state index is -4.61. The number of nitrogens with two attached hydrogens (primary N) is 1. The third-order valence-corrected chi connectivity index (χ3v) is 3.82. The molecular weight excluding hydrogens is 353 g/mol. The van der Waals surface area contributed by atoms with Crippen molar-refractivity contribution in [2.24, 2.45) is 10.7 Å². The number of aryl methyl sites for hydroxylation is 1. The Labute approximate surface area is 148 Å². The number of hydrogen-bond acceptors (Lipinski definition) is 4. The van der Waals surface area contributed by atoms with Crippen LogP contribution >= 0.6 is 11.6 Å². The second-order valence-electron chi connectivity index (χ2n) is 5.43. The Kier molecular flexibility index (Phi) is 4.19. The average molecular weight is 368 g/mol. The van der Waals surface area contributed by atoms with Crippen LogP contribution < -0.4 is 11.0 Å². The summed E-state index contributed by atoms with van der Waals surface area (Å²) < 4.78 is 47.7. The van der Waals surface area contributed by atoms with Crippen molar-refractivity contribution in [2.45, 2.75) is 19.4 Å². The van der Waals surface area contributed by atoms with Crippen LogP contribution in [-0.4, -0.2) is 16.4 Å². The first-order valence-electron chi connectivity index (χ1n) is 7.76. The van der Waals surface area contributed by atoms with Gasteiger partial charge < -0.3 is 5.31 Å². The second kappa shape index (κ2) is 6.50. The molecule has 2 heterocycles. The number of nitrogens with zero attached hydrogens (tertiary/aromatic N) is 2. The van der Waals surface area contributed by atoms with E-state index in [1.807, 2.05) is 0 Å². The maximum atomic E-state index is 13.2. The van der Waals surface area contributed by atoms with E-state index in [0.717, 1.165) is 11.4 Å². The molecule has 3 N–H and O–H groups in total. The zero-order valence-corrected chi connectivity index (χ0v) is 13.8. The van der Waals surface area contributed by atoms with Crippen molar-refractivity contribution in [2.75, 3.05) is 0 Å². The van der Waals surface area contributed by atoms with E-state index < -0.39 is 18.2 Å². The Bertz CT molecular complexity index is 897. The fourth-order valence-corrected chi connectivity index (χ4v) is 2.83. The number of rotatable bonds is 2. The topological polar surface area (TPSA) is 63.3 Å². The Morgan fingerprint density at radius 3 is 2.52 bits per heavy atom. The summed E-state index contributed by atoms with van der Waals surface area (Å²) in [6, 6.07) is 11.1. The summed E-state index contributed by atoms with van der Waals surface area (Å²) in [4.78, 5) is 7.50. The molecule has 0 spiro atoms. The smallest absolute Gasteiger partial charge is 0.351 e. The summed E-state index contributed by atoms with van der Waals surface area (Å²) in [5, 5.41) is 0.873. The summed E-state index contributed by atoms with van der Waals surface area (Å²) in [5.74, 6) is 0. The third kappa shape index (κ3) is 3.67. The first-order valence-corrected chi connectivity index (χ1v) is 7.69. The van der Waals surface area contributed by atoms with E-state index in [2.05, 4.69) is 9.98 Å². The van der Waals surface area contributed by atoms with E-state index in [0.29, 0.717) is 5.56 Å². The molecule has 1 aliphatic rings. The molecule has 0 fully saturated rings. The largest absolute Gasteiger partial charge is 0.433 e. The molecule has 1 aliphatic heterocycles. The molecule has 1 unspecified atom stereocenters. The molecule has 0 aliphatic carbocycles. The van der Waals surface area contributed by atoms with E-state index in [-0.39, 0.29) is 27.7 Å². The van der Waals surface area contributed by atoms with Crippen LogP contribution in [0.4, 0.5) is 13.2 Å². The van der Waals surface area contributed by atoms with Crippen molar-refractivity contribution in [3.8, 4) is 0 Å². The van der Waals surface area contributed by atoms with Crippen LogP contribution in [0.5, 0.6) is 0 Å². The minimum Gasteiger partial charge on any atom is -0.351 e. The van der Waals surface area contributed by atoms with Crippen LogP contribution in [0.25, 0.3) is 11.3 Å². The molecule has 25 heavy (non-hydrogen) atoms. The van der Waals surface area contributed by atoms with E-state index in [9.17, 15) is 13.2 Å². The first-order chi connectivity index (χ1) is 12.2. The third-order valence-electron chi connectivity index (χ3n) is 3.53. The van der Waals surface area contributed by atoms with Crippen molar-refractivity contribution >= 4 is 28.0 Å². The number of alkyl halides is 3. The van der Waals surface area contributed by atoms with Crippen molar-refractivity contribution in [1.82, 2.24) is 10.3 Å². The molecule has 1 aromatic heterocycles. The van der Waals surface area contributed by atoms with E-state index >= 15 is 0 Å². The zero-order valence-electron chi connectivity index (χ0n) is 14.0. The highest BCUT2D eigenvalue weighted by atomic mass is 35.5. The maximum Gasteiger partial charge on any atom is 0.433 e. The van der Waals surface area contributed by atoms with Crippen molar-refractivity contribution in [3.63, 3.8) is 0 Å². The molecule has 4 nitrogen and oxygen atoms in total. The van der Waals surface area contributed by atoms with Crippen LogP contribution in [0.1, 0.15) is 22.5 Å². The van der Waals surface area contributed by atoms with Gasteiger partial charge in [-0.3, -0.25) is 5.73 Å². The van der Waals surface area contributed by atoms with Crippen LogP contribution in [0.15, 0.2) is 47.5 Å². The summed E-state index contributed by atoms with van der Waals surface area (Å²) >= 11 is 6.24. The van der Waals surface area contributed by atoms with Crippen LogP contribution in [-0.2, 0) is 6.18 Å². The normalized spacial score (nSPS) is 19.0. The number of halogens is 4. The number of allylic oxidation sites excluding steroid dienone is 1. The number of pyridine rings is 1. The van der Waals surface area contributed by atoms with Gasteiger partial charge in [0.2, 0.25) is 0 Å². The van der Waals surface area contributed by atoms with Gasteiger partial charge in [-0.25, -0.2) is 9.98 Å². The first kappa shape index (κ1) is 16.1.